The van der Waals surface area contributed by atoms with Crippen LogP contribution in [-0.4, -0.2) is 34.6 Å². The Hall–Kier alpha value is 1.30. The van der Waals surface area contributed by atoms with Gasteiger partial charge >= 0.3 is 65.1 Å². The van der Waals surface area contributed by atoms with Gasteiger partial charge < -0.3 is 19.9 Å². The van der Waals surface area contributed by atoms with E-state index in [9.17, 15) is 4.79 Å². The van der Waals surface area contributed by atoms with Crippen LogP contribution in [0, 0.1) is 5.92 Å². The van der Waals surface area contributed by atoms with Gasteiger partial charge in [0.1, 0.15) is 6.04 Å². The number of nitrogens with two attached hydrogens (primary N) is 1. The molecule has 0 aliphatic rings. The molecule has 0 aliphatic heterocycles. The first kappa shape index (κ1) is 26.0. The second kappa shape index (κ2) is 12.7. The van der Waals surface area contributed by atoms with Crippen LogP contribution in [0.3, 0.4) is 0 Å². The van der Waals surface area contributed by atoms with Gasteiger partial charge in [-0.3, -0.25) is 13.2 Å². The minimum Gasteiger partial charge on any atom is -0.759 e. The summed E-state index contributed by atoms with van der Waals surface area (Å²) in [6.45, 7) is 3.89. The van der Waals surface area contributed by atoms with Crippen LogP contribution in [0.4, 0.5) is 0 Å². The van der Waals surface area contributed by atoms with Gasteiger partial charge in [-0.05, 0) is 12.3 Å². The molecular formula is C6H13NNa2O6S. The molecule has 3 N–H and O–H groups in total. The van der Waals surface area contributed by atoms with E-state index in [1.807, 2.05) is 13.8 Å². The molecule has 0 spiro atoms. The van der Waals surface area contributed by atoms with Crippen LogP contribution in [-0.2, 0) is 15.2 Å². The first-order valence-corrected chi connectivity index (χ1v) is 5.02. The Morgan fingerprint density at radius 1 is 1.31 bits per heavy atom. The van der Waals surface area contributed by atoms with Crippen molar-refractivity contribution in [3.63, 3.8) is 0 Å². The summed E-state index contributed by atoms with van der Waals surface area (Å²) in [7, 11) is -5.17. The Labute approximate surface area is 139 Å². The van der Waals surface area contributed by atoms with Gasteiger partial charge in [0.2, 0.25) is 0 Å². The molecule has 7 nitrogen and oxygen atoms in total. The molecular weight excluding hydrogens is 260 g/mol. The minimum absolute atomic E-state index is 0. The van der Waals surface area contributed by atoms with E-state index in [1.165, 1.54) is 0 Å². The number of aliphatic carboxylic acids is 1. The van der Waals surface area contributed by atoms with Crippen molar-refractivity contribution in [3.8, 4) is 0 Å². The molecule has 0 aliphatic carbocycles. The first-order chi connectivity index (χ1) is 6.04. The zero-order valence-electron chi connectivity index (χ0n) is 9.84. The van der Waals surface area contributed by atoms with Crippen LogP contribution in [0.25, 0.3) is 0 Å². The molecule has 0 fully saturated rings. The summed E-state index contributed by atoms with van der Waals surface area (Å²) in [6, 6.07) is -0.690. The minimum atomic E-state index is -5.17. The Bertz CT molecular complexity index is 260. The summed E-state index contributed by atoms with van der Waals surface area (Å²) in [6.07, 6.45) is 0.551. The largest absolute Gasteiger partial charge is 1.00 e. The molecule has 0 rings (SSSR count). The predicted molar refractivity (Wildman–Crippen MR) is 45.5 cm³/mol. The Kier molecular flexibility index (Phi) is 20.7. The molecule has 1 unspecified atom stereocenters. The van der Waals surface area contributed by atoms with Crippen LogP contribution < -0.4 is 64.8 Å². The van der Waals surface area contributed by atoms with Gasteiger partial charge in [-0.1, -0.05) is 13.8 Å². The first-order valence-electron chi connectivity index (χ1n) is 3.69. The Morgan fingerprint density at radius 3 is 1.62 bits per heavy atom. The molecule has 0 aromatic carbocycles. The second-order valence-electron chi connectivity index (χ2n) is 2.98. The van der Waals surface area contributed by atoms with E-state index in [0.717, 1.165) is 0 Å². The number of carboxylic acids is 1. The zero-order valence-corrected chi connectivity index (χ0v) is 14.7. The van der Waals surface area contributed by atoms with E-state index in [0.29, 0.717) is 12.3 Å². The average molecular weight is 273 g/mol. The zero-order chi connectivity index (χ0) is 11.9. The Balaban J connectivity index is -0.0000000904. The van der Waals surface area contributed by atoms with Crippen LogP contribution in [0.2, 0.25) is 0 Å². The SMILES string of the molecule is CC(C)CC(N)C(=O)O.O=S(=O)([O-])[O-].[Na+].[Na+]. The summed E-state index contributed by atoms with van der Waals surface area (Å²) in [5.41, 5.74) is 5.22. The van der Waals surface area contributed by atoms with E-state index in [-0.39, 0.29) is 59.1 Å². The quantitative estimate of drug-likeness (QED) is 0.295. The third kappa shape index (κ3) is 36.2. The van der Waals surface area contributed by atoms with Crippen molar-refractivity contribution in [2.45, 2.75) is 26.3 Å². The molecule has 0 saturated carbocycles. The normalized spacial score (nSPS) is 11.4. The summed E-state index contributed by atoms with van der Waals surface area (Å²) in [5.74, 6) is -0.556. The van der Waals surface area contributed by atoms with Crippen LogP contribution in [0.15, 0.2) is 0 Å². The number of carboxylic acid groups (broad SMARTS) is 1. The number of carbonyl (C=O) groups is 1. The monoisotopic (exact) mass is 273 g/mol. The maximum atomic E-state index is 10.1. The van der Waals surface area contributed by atoms with Crippen molar-refractivity contribution in [1.82, 2.24) is 0 Å². The van der Waals surface area contributed by atoms with Crippen molar-refractivity contribution in [2.75, 3.05) is 0 Å². The summed E-state index contributed by atoms with van der Waals surface area (Å²) < 4.78 is 34.1. The van der Waals surface area contributed by atoms with E-state index in [4.69, 9.17) is 28.4 Å². The molecule has 10 heteroatoms. The fraction of sp³-hybridized carbons (Fsp3) is 0.833. The van der Waals surface area contributed by atoms with Crippen LogP contribution in [0.1, 0.15) is 20.3 Å². The molecule has 0 heterocycles. The summed E-state index contributed by atoms with van der Waals surface area (Å²) >= 11 is 0. The van der Waals surface area contributed by atoms with Crippen molar-refractivity contribution in [1.29, 1.82) is 0 Å². The third-order valence-corrected chi connectivity index (χ3v) is 1.04. The maximum Gasteiger partial charge on any atom is 1.00 e. The fourth-order valence-electron chi connectivity index (χ4n) is 0.609. The molecule has 16 heavy (non-hydrogen) atoms. The smallest absolute Gasteiger partial charge is 0.759 e. The maximum absolute atomic E-state index is 10.1. The molecule has 0 aromatic heterocycles. The van der Waals surface area contributed by atoms with E-state index < -0.39 is 22.4 Å². The van der Waals surface area contributed by atoms with Crippen molar-refractivity contribution in [2.24, 2.45) is 11.7 Å². The second-order valence-corrected chi connectivity index (χ2v) is 3.80. The van der Waals surface area contributed by atoms with E-state index in [2.05, 4.69) is 0 Å². The fourth-order valence-corrected chi connectivity index (χ4v) is 0.609. The number of hydrogen-bond acceptors (Lipinski definition) is 6. The van der Waals surface area contributed by atoms with Crippen LogP contribution in [0.5, 0.6) is 0 Å². The predicted octanol–water partition coefficient (Wildman–Crippen LogP) is -6.89. The van der Waals surface area contributed by atoms with Crippen molar-refractivity contribution >= 4 is 16.4 Å². The Morgan fingerprint density at radius 2 is 1.56 bits per heavy atom. The number of rotatable bonds is 3. The van der Waals surface area contributed by atoms with Gasteiger partial charge in [0.15, 0.2) is 0 Å². The topological polar surface area (TPSA) is 144 Å². The molecule has 1 atom stereocenters. The molecule has 0 amide bonds. The van der Waals surface area contributed by atoms with Crippen molar-refractivity contribution in [3.05, 3.63) is 0 Å². The summed E-state index contributed by atoms with van der Waals surface area (Å²) in [5, 5.41) is 8.31. The number of hydrogen-bond donors (Lipinski definition) is 2. The van der Waals surface area contributed by atoms with Gasteiger partial charge in [0, 0.05) is 10.4 Å². The van der Waals surface area contributed by atoms with Gasteiger partial charge in [0.25, 0.3) is 0 Å². The van der Waals surface area contributed by atoms with Gasteiger partial charge in [-0.2, -0.15) is 0 Å². The molecule has 0 bridgehead atoms. The molecule has 0 saturated heterocycles. The van der Waals surface area contributed by atoms with Gasteiger partial charge in [-0.15, -0.1) is 0 Å². The third-order valence-electron chi connectivity index (χ3n) is 1.04. The molecule has 0 aromatic rings. The average Bonchev–Trinajstić information content (AvgIpc) is 1.80. The van der Waals surface area contributed by atoms with Crippen molar-refractivity contribution < 1.29 is 86.5 Å². The standard InChI is InChI=1S/C6H13NO2.2Na.H2O4S/c1-4(2)3-5(7)6(8)9;;;1-5(2,3)4/h4-5H,3,7H2,1-2H3,(H,8,9);;;(H2,1,2,3,4)/q;2*+1;/p-2. The van der Waals surface area contributed by atoms with Gasteiger partial charge in [-0.25, -0.2) is 0 Å². The molecule has 86 valence electrons. The van der Waals surface area contributed by atoms with Gasteiger partial charge in [0.05, 0.1) is 0 Å². The van der Waals surface area contributed by atoms with E-state index in [1.54, 1.807) is 0 Å². The summed E-state index contributed by atoms with van der Waals surface area (Å²) in [4.78, 5) is 10.1. The van der Waals surface area contributed by atoms with E-state index >= 15 is 0 Å². The molecule has 0 radical (unpaired) electrons. The van der Waals surface area contributed by atoms with Crippen LogP contribution >= 0.6 is 0 Å².